The Kier molecular flexibility index (Phi) is 5.96. The smallest absolute Gasteiger partial charge is 0.0963 e. The van der Waals surface area contributed by atoms with Crippen molar-refractivity contribution < 1.29 is 0 Å². The monoisotopic (exact) mass is 262 g/mol. The first-order valence-electron chi connectivity index (χ1n) is 6.91. The first-order valence-corrected chi connectivity index (χ1v) is 6.91. The van der Waals surface area contributed by atoms with E-state index < -0.39 is 0 Å². The van der Waals surface area contributed by atoms with Gasteiger partial charge >= 0.3 is 0 Å². The molecule has 1 aromatic rings. The number of amidine groups is 1. The molecule has 4 heteroatoms. The maximum atomic E-state index is 7.56. The molecule has 0 aromatic carbocycles. The minimum Gasteiger partial charge on any atom is -0.387 e. The maximum Gasteiger partial charge on any atom is 0.0963 e. The Bertz CT molecular complexity index is 386. The molecule has 0 amide bonds. The van der Waals surface area contributed by atoms with Crippen molar-refractivity contribution in [3.8, 4) is 0 Å². The number of nitrogens with zero attached hydrogens (tertiary/aromatic N) is 2. The van der Waals surface area contributed by atoms with Gasteiger partial charge in [-0.3, -0.25) is 15.3 Å². The van der Waals surface area contributed by atoms with Crippen LogP contribution in [0.5, 0.6) is 0 Å². The second-order valence-corrected chi connectivity index (χ2v) is 5.63. The van der Waals surface area contributed by atoms with E-state index >= 15 is 0 Å². The van der Waals surface area contributed by atoms with E-state index in [0.717, 1.165) is 32.5 Å². The van der Waals surface area contributed by atoms with Gasteiger partial charge in [0, 0.05) is 24.4 Å². The molecule has 106 valence electrons. The molecule has 0 radical (unpaired) electrons. The molecule has 0 aliphatic rings. The third-order valence-corrected chi connectivity index (χ3v) is 3.61. The van der Waals surface area contributed by atoms with Crippen LogP contribution in [-0.2, 0) is 6.54 Å². The fraction of sp³-hybridized carbons (Fsp3) is 0.600. The summed E-state index contributed by atoms with van der Waals surface area (Å²) >= 11 is 0. The number of pyridine rings is 1. The zero-order valence-electron chi connectivity index (χ0n) is 12.3. The van der Waals surface area contributed by atoms with Crippen molar-refractivity contribution in [1.82, 2.24) is 9.88 Å². The molecule has 0 saturated carbocycles. The summed E-state index contributed by atoms with van der Waals surface area (Å²) in [6, 6.07) is 4.12. The molecule has 4 nitrogen and oxygen atoms in total. The quantitative estimate of drug-likeness (QED) is 0.559. The Morgan fingerprint density at radius 3 is 2.53 bits per heavy atom. The minimum atomic E-state index is -0.184. The fourth-order valence-corrected chi connectivity index (χ4v) is 1.97. The molecule has 0 saturated heterocycles. The van der Waals surface area contributed by atoms with Crippen LogP contribution in [-0.4, -0.2) is 28.8 Å². The summed E-state index contributed by atoms with van der Waals surface area (Å²) in [5, 5.41) is 7.56. The van der Waals surface area contributed by atoms with Crippen molar-refractivity contribution in [3.05, 3.63) is 30.1 Å². The van der Waals surface area contributed by atoms with Gasteiger partial charge in [0.25, 0.3) is 0 Å². The van der Waals surface area contributed by atoms with Gasteiger partial charge in [-0.05, 0) is 43.6 Å². The second kappa shape index (κ2) is 7.24. The molecule has 0 aliphatic carbocycles. The molecular weight excluding hydrogens is 236 g/mol. The van der Waals surface area contributed by atoms with Crippen LogP contribution in [0, 0.1) is 10.8 Å². The summed E-state index contributed by atoms with van der Waals surface area (Å²) in [5.74, 6) is 0.282. The Morgan fingerprint density at radius 1 is 1.37 bits per heavy atom. The van der Waals surface area contributed by atoms with Crippen molar-refractivity contribution in [2.75, 3.05) is 13.1 Å². The van der Waals surface area contributed by atoms with Crippen molar-refractivity contribution >= 4 is 5.84 Å². The summed E-state index contributed by atoms with van der Waals surface area (Å²) in [4.78, 5) is 6.44. The predicted molar refractivity (Wildman–Crippen MR) is 80.1 cm³/mol. The number of hydrogen-bond donors (Lipinski definition) is 2. The fourth-order valence-electron chi connectivity index (χ4n) is 1.97. The summed E-state index contributed by atoms with van der Waals surface area (Å²) in [5.41, 5.74) is 6.72. The van der Waals surface area contributed by atoms with Crippen molar-refractivity contribution in [3.63, 3.8) is 0 Å². The van der Waals surface area contributed by atoms with Gasteiger partial charge in [-0.1, -0.05) is 20.8 Å². The lowest BCUT2D eigenvalue weighted by Crippen LogP contribution is -2.32. The minimum absolute atomic E-state index is 0.184. The predicted octanol–water partition coefficient (Wildman–Crippen LogP) is 2.65. The van der Waals surface area contributed by atoms with Crippen LogP contribution in [0.3, 0.4) is 0 Å². The summed E-state index contributed by atoms with van der Waals surface area (Å²) in [6.45, 7) is 9.28. The van der Waals surface area contributed by atoms with Gasteiger partial charge in [-0.15, -0.1) is 0 Å². The number of rotatable bonds is 8. The van der Waals surface area contributed by atoms with Crippen LogP contribution in [0.4, 0.5) is 0 Å². The topological polar surface area (TPSA) is 66.0 Å². The van der Waals surface area contributed by atoms with Crippen molar-refractivity contribution in [1.29, 1.82) is 5.41 Å². The van der Waals surface area contributed by atoms with Gasteiger partial charge in [0.1, 0.15) is 0 Å². The van der Waals surface area contributed by atoms with E-state index in [4.69, 9.17) is 11.1 Å². The molecule has 1 heterocycles. The van der Waals surface area contributed by atoms with Crippen LogP contribution in [0.15, 0.2) is 24.5 Å². The Morgan fingerprint density at radius 2 is 2.00 bits per heavy atom. The van der Waals surface area contributed by atoms with Gasteiger partial charge < -0.3 is 5.73 Å². The molecule has 0 atom stereocenters. The van der Waals surface area contributed by atoms with E-state index in [2.05, 4.69) is 28.9 Å². The molecular formula is C15H26N4. The lowest BCUT2D eigenvalue weighted by Gasteiger charge is -2.25. The number of nitrogens with one attached hydrogen (secondary N) is 1. The second-order valence-electron chi connectivity index (χ2n) is 5.63. The molecule has 0 unspecified atom stereocenters. The lowest BCUT2D eigenvalue weighted by molar-refractivity contribution is 0.262. The van der Waals surface area contributed by atoms with Gasteiger partial charge in [-0.2, -0.15) is 0 Å². The molecule has 3 N–H and O–H groups in total. The first kappa shape index (κ1) is 15.6. The molecule has 0 aliphatic heterocycles. The Balaban J connectivity index is 2.40. The number of nitrogens with two attached hydrogens (primary N) is 1. The standard InChI is InChI=1S/C15H26N4/c1-4-19(12-13-6-9-18-10-7-13)11-5-8-15(2,3)14(16)17/h6-7,9-10H,4-5,8,11-12H2,1-3H3,(H3,16,17). The van der Waals surface area contributed by atoms with Crippen LogP contribution >= 0.6 is 0 Å². The number of aromatic nitrogens is 1. The number of hydrogen-bond acceptors (Lipinski definition) is 3. The summed E-state index contributed by atoms with van der Waals surface area (Å²) in [7, 11) is 0. The lowest BCUT2D eigenvalue weighted by atomic mass is 9.86. The highest BCUT2D eigenvalue weighted by atomic mass is 15.1. The molecule has 0 spiro atoms. The average molecular weight is 262 g/mol. The van der Waals surface area contributed by atoms with E-state index in [1.54, 1.807) is 0 Å². The highest BCUT2D eigenvalue weighted by Gasteiger charge is 2.21. The van der Waals surface area contributed by atoms with Crippen LogP contribution in [0.25, 0.3) is 0 Å². The summed E-state index contributed by atoms with van der Waals surface area (Å²) in [6.07, 6.45) is 5.69. The largest absolute Gasteiger partial charge is 0.387 e. The highest BCUT2D eigenvalue weighted by molar-refractivity contribution is 5.82. The highest BCUT2D eigenvalue weighted by Crippen LogP contribution is 2.22. The molecule has 1 rings (SSSR count). The molecule has 0 fully saturated rings. The van der Waals surface area contributed by atoms with Crippen LogP contribution < -0.4 is 5.73 Å². The van der Waals surface area contributed by atoms with E-state index in [1.165, 1.54) is 5.56 Å². The zero-order chi connectivity index (χ0) is 14.3. The van der Waals surface area contributed by atoms with Crippen molar-refractivity contribution in [2.45, 2.75) is 40.2 Å². The van der Waals surface area contributed by atoms with E-state index in [0.29, 0.717) is 0 Å². The summed E-state index contributed by atoms with van der Waals surface area (Å²) < 4.78 is 0. The van der Waals surface area contributed by atoms with E-state index in [-0.39, 0.29) is 11.3 Å². The SMILES string of the molecule is CCN(CCCC(C)(C)C(=N)N)Cc1ccncc1. The first-order chi connectivity index (χ1) is 8.95. The van der Waals surface area contributed by atoms with Gasteiger partial charge in [0.05, 0.1) is 5.84 Å². The van der Waals surface area contributed by atoms with Gasteiger partial charge in [-0.25, -0.2) is 0 Å². The van der Waals surface area contributed by atoms with Gasteiger partial charge in [0.15, 0.2) is 0 Å². The third-order valence-electron chi connectivity index (χ3n) is 3.61. The van der Waals surface area contributed by atoms with Crippen LogP contribution in [0.2, 0.25) is 0 Å². The molecule has 19 heavy (non-hydrogen) atoms. The maximum absolute atomic E-state index is 7.56. The zero-order valence-corrected chi connectivity index (χ0v) is 12.3. The van der Waals surface area contributed by atoms with E-state index in [1.807, 2.05) is 26.2 Å². The Hall–Kier alpha value is -1.42. The van der Waals surface area contributed by atoms with Gasteiger partial charge in [0.2, 0.25) is 0 Å². The van der Waals surface area contributed by atoms with Crippen LogP contribution in [0.1, 0.15) is 39.2 Å². The van der Waals surface area contributed by atoms with Crippen molar-refractivity contribution in [2.24, 2.45) is 11.1 Å². The average Bonchev–Trinajstić information content (AvgIpc) is 2.38. The Labute approximate surface area is 116 Å². The molecule has 1 aromatic heterocycles. The normalized spacial score (nSPS) is 11.8. The van der Waals surface area contributed by atoms with E-state index in [9.17, 15) is 0 Å². The molecule has 0 bridgehead atoms. The third kappa shape index (κ3) is 5.39.